The highest BCUT2D eigenvalue weighted by Gasteiger charge is 2.21. The van der Waals surface area contributed by atoms with Crippen molar-refractivity contribution in [3.63, 3.8) is 0 Å². The monoisotopic (exact) mass is 408 g/mol. The first-order valence-electron chi connectivity index (χ1n) is 9.65. The van der Waals surface area contributed by atoms with Crippen molar-refractivity contribution in [2.75, 3.05) is 44.2 Å². The molecule has 1 unspecified atom stereocenters. The van der Waals surface area contributed by atoms with Gasteiger partial charge in [-0.05, 0) is 35.7 Å². The molecule has 0 radical (unpaired) electrons. The topological polar surface area (TPSA) is 35.9 Å². The van der Waals surface area contributed by atoms with Gasteiger partial charge >= 0.3 is 0 Å². The van der Waals surface area contributed by atoms with Crippen LogP contribution in [0.4, 0.5) is 10.1 Å². The van der Waals surface area contributed by atoms with Crippen LogP contribution < -0.4 is 9.64 Å². The van der Waals surface area contributed by atoms with Gasteiger partial charge in [0.1, 0.15) is 24.3 Å². The molecule has 28 heavy (non-hydrogen) atoms. The van der Waals surface area contributed by atoms with Gasteiger partial charge in [-0.3, -0.25) is 4.90 Å². The number of ether oxygens (including phenoxy) is 1. The van der Waals surface area contributed by atoms with Gasteiger partial charge in [0.15, 0.2) is 0 Å². The maximum absolute atomic E-state index is 13.9. The molecule has 1 fully saturated rings. The molecular formula is C22H30ClFN2O2. The minimum Gasteiger partial charge on any atom is -0.491 e. The molecule has 1 aliphatic rings. The van der Waals surface area contributed by atoms with E-state index in [-0.39, 0.29) is 24.8 Å². The maximum Gasteiger partial charge on any atom is 0.146 e. The quantitative estimate of drug-likeness (QED) is 0.753. The van der Waals surface area contributed by atoms with Gasteiger partial charge in [-0.2, -0.15) is 0 Å². The van der Waals surface area contributed by atoms with Gasteiger partial charge in [-0.25, -0.2) is 4.39 Å². The van der Waals surface area contributed by atoms with Crippen LogP contribution in [0, 0.1) is 5.82 Å². The van der Waals surface area contributed by atoms with Crippen molar-refractivity contribution >= 4 is 18.1 Å². The largest absolute Gasteiger partial charge is 0.491 e. The van der Waals surface area contributed by atoms with Gasteiger partial charge in [0, 0.05) is 32.7 Å². The van der Waals surface area contributed by atoms with Gasteiger partial charge in [0.25, 0.3) is 0 Å². The molecule has 154 valence electrons. The highest BCUT2D eigenvalue weighted by molar-refractivity contribution is 5.85. The van der Waals surface area contributed by atoms with Crippen LogP contribution in [0.2, 0.25) is 0 Å². The standard InChI is InChI=1S/C22H29FN2O2.ClH/c1-17(2)18-7-9-20(10-8-18)27-16-19(26)15-24-11-13-25(14-12-24)22-6-4-3-5-21(22)23;/h3-10,17,19,26H,11-16H2,1-2H3;1H. The molecule has 2 aromatic rings. The van der Waals surface area contributed by atoms with E-state index in [0.29, 0.717) is 18.2 Å². The zero-order valence-corrected chi connectivity index (χ0v) is 17.4. The molecule has 0 aliphatic carbocycles. The molecular weight excluding hydrogens is 379 g/mol. The molecule has 1 atom stereocenters. The molecule has 0 bridgehead atoms. The van der Waals surface area contributed by atoms with Crippen molar-refractivity contribution in [3.05, 3.63) is 59.9 Å². The Morgan fingerprint density at radius 2 is 1.64 bits per heavy atom. The first-order chi connectivity index (χ1) is 13.0. The SMILES string of the molecule is CC(C)c1ccc(OCC(O)CN2CCN(c3ccccc3F)CC2)cc1.Cl. The van der Waals surface area contributed by atoms with E-state index >= 15 is 0 Å². The molecule has 1 saturated heterocycles. The lowest BCUT2D eigenvalue weighted by Gasteiger charge is -2.36. The summed E-state index contributed by atoms with van der Waals surface area (Å²) in [6.07, 6.45) is -0.546. The number of benzene rings is 2. The average Bonchev–Trinajstić information content (AvgIpc) is 2.68. The van der Waals surface area contributed by atoms with Crippen molar-refractivity contribution in [1.82, 2.24) is 4.90 Å². The first-order valence-corrected chi connectivity index (χ1v) is 9.65. The fourth-order valence-electron chi connectivity index (χ4n) is 3.37. The third-order valence-corrected chi connectivity index (χ3v) is 5.02. The lowest BCUT2D eigenvalue weighted by molar-refractivity contribution is 0.0662. The van der Waals surface area contributed by atoms with E-state index in [1.54, 1.807) is 6.07 Å². The number of para-hydroxylation sites is 1. The van der Waals surface area contributed by atoms with Gasteiger partial charge in [-0.1, -0.05) is 38.1 Å². The third-order valence-electron chi connectivity index (χ3n) is 5.02. The fourth-order valence-corrected chi connectivity index (χ4v) is 3.37. The number of aliphatic hydroxyl groups excluding tert-OH is 1. The maximum atomic E-state index is 13.9. The number of rotatable bonds is 7. The second-order valence-corrected chi connectivity index (χ2v) is 7.43. The van der Waals surface area contributed by atoms with E-state index in [2.05, 4.69) is 35.8 Å². The molecule has 0 spiro atoms. The minimum atomic E-state index is -0.546. The van der Waals surface area contributed by atoms with E-state index in [0.717, 1.165) is 31.9 Å². The van der Waals surface area contributed by atoms with Gasteiger partial charge in [0.05, 0.1) is 5.69 Å². The summed E-state index contributed by atoms with van der Waals surface area (Å²) < 4.78 is 19.6. The van der Waals surface area contributed by atoms with Crippen LogP contribution in [0.5, 0.6) is 5.75 Å². The Balaban J connectivity index is 0.00000280. The second-order valence-electron chi connectivity index (χ2n) is 7.43. The highest BCUT2D eigenvalue weighted by atomic mass is 35.5. The highest BCUT2D eigenvalue weighted by Crippen LogP contribution is 2.21. The zero-order valence-electron chi connectivity index (χ0n) is 16.6. The van der Waals surface area contributed by atoms with Crippen molar-refractivity contribution in [3.8, 4) is 5.75 Å². The number of halogens is 2. The minimum absolute atomic E-state index is 0. The molecule has 2 aromatic carbocycles. The predicted octanol–water partition coefficient (Wildman–Crippen LogP) is 3.93. The van der Waals surface area contributed by atoms with Crippen LogP contribution in [-0.2, 0) is 0 Å². The summed E-state index contributed by atoms with van der Waals surface area (Å²) in [6.45, 7) is 8.26. The van der Waals surface area contributed by atoms with Crippen molar-refractivity contribution in [2.24, 2.45) is 0 Å². The summed E-state index contributed by atoms with van der Waals surface area (Å²) in [5.74, 6) is 1.10. The Kier molecular flexibility index (Phi) is 8.55. The summed E-state index contributed by atoms with van der Waals surface area (Å²) in [7, 11) is 0. The fraction of sp³-hybridized carbons (Fsp3) is 0.455. The van der Waals surface area contributed by atoms with Crippen molar-refractivity contribution in [2.45, 2.75) is 25.9 Å². The van der Waals surface area contributed by atoms with E-state index in [4.69, 9.17) is 4.74 Å². The Bertz CT molecular complexity index is 719. The molecule has 1 heterocycles. The summed E-state index contributed by atoms with van der Waals surface area (Å²) in [6, 6.07) is 14.9. The Morgan fingerprint density at radius 3 is 2.25 bits per heavy atom. The van der Waals surface area contributed by atoms with Crippen molar-refractivity contribution < 1.29 is 14.2 Å². The average molecular weight is 409 g/mol. The Labute approximate surface area is 173 Å². The van der Waals surface area contributed by atoms with Gasteiger partial charge in [0.2, 0.25) is 0 Å². The van der Waals surface area contributed by atoms with E-state index < -0.39 is 6.10 Å². The molecule has 0 aromatic heterocycles. The Hall–Kier alpha value is -1.82. The molecule has 1 N–H and O–H groups in total. The van der Waals surface area contributed by atoms with Crippen LogP contribution in [-0.4, -0.2) is 55.4 Å². The molecule has 6 heteroatoms. The van der Waals surface area contributed by atoms with Crippen molar-refractivity contribution in [1.29, 1.82) is 0 Å². The smallest absolute Gasteiger partial charge is 0.146 e. The number of hydrogen-bond donors (Lipinski definition) is 1. The molecule has 0 amide bonds. The molecule has 3 rings (SSSR count). The molecule has 0 saturated carbocycles. The van der Waals surface area contributed by atoms with E-state index in [1.807, 2.05) is 24.3 Å². The predicted molar refractivity (Wildman–Crippen MR) is 114 cm³/mol. The number of nitrogens with zero attached hydrogens (tertiary/aromatic N) is 2. The number of β-amino-alcohol motifs (C(OH)–C–C–N with tert-alkyl or cyclic N) is 1. The number of piperazine rings is 1. The van der Waals surface area contributed by atoms with E-state index in [1.165, 1.54) is 11.6 Å². The van der Waals surface area contributed by atoms with Crippen LogP contribution in [0.15, 0.2) is 48.5 Å². The van der Waals surface area contributed by atoms with Gasteiger partial charge in [-0.15, -0.1) is 12.4 Å². The van der Waals surface area contributed by atoms with Crippen LogP contribution >= 0.6 is 12.4 Å². The first kappa shape index (κ1) is 22.5. The summed E-state index contributed by atoms with van der Waals surface area (Å²) in [5.41, 5.74) is 1.93. The number of aliphatic hydroxyl groups is 1. The second kappa shape index (κ2) is 10.6. The number of anilines is 1. The molecule has 4 nitrogen and oxygen atoms in total. The van der Waals surface area contributed by atoms with Crippen LogP contribution in [0.3, 0.4) is 0 Å². The Morgan fingerprint density at radius 1 is 1.00 bits per heavy atom. The summed E-state index contributed by atoms with van der Waals surface area (Å²) in [5, 5.41) is 10.3. The third kappa shape index (κ3) is 6.09. The zero-order chi connectivity index (χ0) is 19.2. The number of hydrogen-bond acceptors (Lipinski definition) is 4. The normalized spacial score (nSPS) is 16.0. The van der Waals surface area contributed by atoms with Gasteiger partial charge < -0.3 is 14.7 Å². The summed E-state index contributed by atoms with van der Waals surface area (Å²) in [4.78, 5) is 4.26. The van der Waals surface area contributed by atoms with E-state index in [9.17, 15) is 9.50 Å². The summed E-state index contributed by atoms with van der Waals surface area (Å²) >= 11 is 0. The van der Waals surface area contributed by atoms with Crippen LogP contribution in [0.25, 0.3) is 0 Å². The lowest BCUT2D eigenvalue weighted by atomic mass is 10.0. The molecule has 1 aliphatic heterocycles. The van der Waals surface area contributed by atoms with Crippen LogP contribution in [0.1, 0.15) is 25.3 Å². The lowest BCUT2D eigenvalue weighted by Crippen LogP contribution is -2.49.